The number of nitrogens with zero attached hydrogens (tertiary/aromatic N) is 2. The molecule has 0 aliphatic carbocycles. The van der Waals surface area contributed by atoms with Crippen molar-refractivity contribution in [2.24, 2.45) is 0 Å². The van der Waals surface area contributed by atoms with Gasteiger partial charge >= 0.3 is 0 Å². The van der Waals surface area contributed by atoms with Crippen LogP contribution in [0.15, 0.2) is 255 Å². The molecule has 0 N–H and O–H groups in total. The molecule has 0 aromatic heterocycles. The molecule has 292 valence electrons. The molecule has 10 aromatic carbocycles. The fourth-order valence-corrected chi connectivity index (χ4v) is 8.93. The molecule has 2 nitrogen and oxygen atoms in total. The maximum Gasteiger partial charge on any atom is 0.0540 e. The number of rotatable bonds is 8. The maximum atomic E-state index is 2.41. The Labute approximate surface area is 363 Å². The summed E-state index contributed by atoms with van der Waals surface area (Å²) in [5.41, 5.74) is 21.2. The van der Waals surface area contributed by atoms with Crippen LogP contribution in [0.4, 0.5) is 34.1 Å². The van der Waals surface area contributed by atoms with E-state index < -0.39 is 0 Å². The Morgan fingerprint density at radius 1 is 0.210 bits per heavy atom. The highest BCUT2D eigenvalue weighted by Crippen LogP contribution is 2.51. The van der Waals surface area contributed by atoms with E-state index in [-0.39, 0.29) is 0 Å². The van der Waals surface area contributed by atoms with E-state index in [1.165, 1.54) is 66.8 Å². The lowest BCUT2D eigenvalue weighted by Gasteiger charge is -2.29. The Bertz CT molecular complexity index is 2930. The summed E-state index contributed by atoms with van der Waals surface area (Å²) in [6, 6.07) is 92.0. The molecule has 1 aliphatic rings. The Kier molecular flexibility index (Phi) is 9.57. The molecule has 0 spiro atoms. The van der Waals surface area contributed by atoms with Gasteiger partial charge in [-0.25, -0.2) is 0 Å². The zero-order valence-corrected chi connectivity index (χ0v) is 34.1. The minimum Gasteiger partial charge on any atom is -0.311 e. The minimum absolute atomic E-state index is 1.08. The second kappa shape index (κ2) is 16.1. The molecular weight excluding hydrogens is 749 g/mol. The SMILES string of the molecule is c1ccc(-c2ccc(-c3ccc(N(c4ccc(-c5ccc(-c6ccccc6)cc5)cc4)c4ccc(N5c6ccccc6-c6ccccc6-c6ccccc65)cc4)cc3)cc2)cc1. The van der Waals surface area contributed by atoms with Crippen molar-refractivity contribution >= 4 is 34.1 Å². The average molecular weight is 791 g/mol. The van der Waals surface area contributed by atoms with Crippen molar-refractivity contribution in [3.8, 4) is 66.8 Å². The van der Waals surface area contributed by atoms with Crippen LogP contribution in [0, 0.1) is 0 Å². The summed E-state index contributed by atoms with van der Waals surface area (Å²) in [7, 11) is 0. The number of para-hydroxylation sites is 2. The molecule has 0 unspecified atom stereocenters. The van der Waals surface area contributed by atoms with Crippen LogP contribution in [-0.2, 0) is 0 Å². The fourth-order valence-electron chi connectivity index (χ4n) is 8.93. The van der Waals surface area contributed by atoms with Gasteiger partial charge in [-0.3, -0.25) is 0 Å². The molecule has 1 heterocycles. The van der Waals surface area contributed by atoms with E-state index >= 15 is 0 Å². The van der Waals surface area contributed by atoms with Gasteiger partial charge in [-0.1, -0.05) is 194 Å². The van der Waals surface area contributed by atoms with Gasteiger partial charge in [0.15, 0.2) is 0 Å². The third kappa shape index (κ3) is 6.94. The predicted molar refractivity (Wildman–Crippen MR) is 262 cm³/mol. The molecule has 0 atom stereocenters. The monoisotopic (exact) mass is 790 g/mol. The smallest absolute Gasteiger partial charge is 0.0540 e. The van der Waals surface area contributed by atoms with Crippen molar-refractivity contribution in [2.45, 2.75) is 0 Å². The van der Waals surface area contributed by atoms with E-state index in [2.05, 4.69) is 265 Å². The quantitative estimate of drug-likeness (QED) is 0.151. The topological polar surface area (TPSA) is 6.48 Å². The van der Waals surface area contributed by atoms with Crippen LogP contribution in [0.5, 0.6) is 0 Å². The standard InChI is InChI=1S/C60H42N2/c1-3-13-43(14-4-1)45-23-27-47(28-24-45)49-31-35-51(36-32-49)61(52-37-33-50(34-38-52)48-29-25-46(26-30-48)44-15-5-2-6-16-44)53-39-41-54(42-40-53)62-59-21-11-9-19-57(59)55-17-7-8-18-56(55)58-20-10-12-22-60(58)62/h1-42H. The Morgan fingerprint density at radius 3 is 0.823 bits per heavy atom. The van der Waals surface area contributed by atoms with Gasteiger partial charge in [-0.15, -0.1) is 0 Å². The van der Waals surface area contributed by atoms with E-state index in [0.29, 0.717) is 0 Å². The third-order valence-electron chi connectivity index (χ3n) is 12.1. The van der Waals surface area contributed by atoms with E-state index in [1.807, 2.05) is 0 Å². The zero-order valence-electron chi connectivity index (χ0n) is 34.1. The second-order valence-corrected chi connectivity index (χ2v) is 15.7. The van der Waals surface area contributed by atoms with Gasteiger partial charge in [-0.05, 0) is 116 Å². The summed E-state index contributed by atoms with van der Waals surface area (Å²) in [5, 5.41) is 0. The lowest BCUT2D eigenvalue weighted by molar-refractivity contribution is 1.26. The van der Waals surface area contributed by atoms with Gasteiger partial charge in [0.2, 0.25) is 0 Å². The Hall–Kier alpha value is -8.20. The van der Waals surface area contributed by atoms with Crippen molar-refractivity contribution in [1.82, 2.24) is 0 Å². The first kappa shape index (κ1) is 36.8. The van der Waals surface area contributed by atoms with Crippen LogP contribution in [0.25, 0.3) is 66.8 Å². The van der Waals surface area contributed by atoms with E-state index in [9.17, 15) is 0 Å². The van der Waals surface area contributed by atoms with Crippen molar-refractivity contribution in [2.75, 3.05) is 9.80 Å². The van der Waals surface area contributed by atoms with Crippen LogP contribution >= 0.6 is 0 Å². The van der Waals surface area contributed by atoms with Crippen LogP contribution in [0.2, 0.25) is 0 Å². The molecule has 0 saturated carbocycles. The molecule has 0 radical (unpaired) electrons. The first-order valence-electron chi connectivity index (χ1n) is 21.3. The van der Waals surface area contributed by atoms with Crippen LogP contribution < -0.4 is 9.80 Å². The molecule has 0 saturated heterocycles. The molecule has 0 amide bonds. The summed E-state index contributed by atoms with van der Waals surface area (Å²) in [4.78, 5) is 4.77. The largest absolute Gasteiger partial charge is 0.311 e. The highest BCUT2D eigenvalue weighted by molar-refractivity contribution is 6.02. The van der Waals surface area contributed by atoms with Gasteiger partial charge in [0, 0.05) is 33.9 Å². The van der Waals surface area contributed by atoms with Gasteiger partial charge in [0.05, 0.1) is 11.4 Å². The highest BCUT2D eigenvalue weighted by Gasteiger charge is 2.26. The average Bonchev–Trinajstić information content (AvgIpc) is 3.48. The molecule has 0 fully saturated rings. The summed E-state index contributed by atoms with van der Waals surface area (Å²) in [6.45, 7) is 0. The van der Waals surface area contributed by atoms with Gasteiger partial charge < -0.3 is 9.80 Å². The van der Waals surface area contributed by atoms with Gasteiger partial charge in [-0.2, -0.15) is 0 Å². The Morgan fingerprint density at radius 2 is 0.468 bits per heavy atom. The maximum absolute atomic E-state index is 2.41. The summed E-state index contributed by atoms with van der Waals surface area (Å²) >= 11 is 0. The number of benzene rings is 10. The van der Waals surface area contributed by atoms with Crippen molar-refractivity contribution in [1.29, 1.82) is 0 Å². The third-order valence-corrected chi connectivity index (χ3v) is 12.1. The Balaban J connectivity index is 0.962. The van der Waals surface area contributed by atoms with Gasteiger partial charge in [0.25, 0.3) is 0 Å². The molecule has 2 heteroatoms. The van der Waals surface area contributed by atoms with E-state index in [1.54, 1.807) is 0 Å². The molecule has 1 aliphatic heterocycles. The molecular formula is C60H42N2. The van der Waals surface area contributed by atoms with Crippen LogP contribution in [-0.4, -0.2) is 0 Å². The molecule has 10 aromatic rings. The number of fused-ring (bicyclic) bond motifs is 5. The lowest BCUT2D eigenvalue weighted by atomic mass is 9.95. The number of hydrogen-bond acceptors (Lipinski definition) is 2. The van der Waals surface area contributed by atoms with Crippen molar-refractivity contribution in [3.63, 3.8) is 0 Å². The lowest BCUT2D eigenvalue weighted by Crippen LogP contribution is -2.12. The molecule has 11 rings (SSSR count). The molecule has 62 heavy (non-hydrogen) atoms. The predicted octanol–water partition coefficient (Wildman–Crippen LogP) is 16.9. The van der Waals surface area contributed by atoms with E-state index in [4.69, 9.17) is 0 Å². The van der Waals surface area contributed by atoms with E-state index in [0.717, 1.165) is 34.1 Å². The summed E-state index contributed by atoms with van der Waals surface area (Å²) < 4.78 is 0. The second-order valence-electron chi connectivity index (χ2n) is 15.7. The summed E-state index contributed by atoms with van der Waals surface area (Å²) in [5.74, 6) is 0. The first-order valence-corrected chi connectivity index (χ1v) is 21.3. The fraction of sp³-hybridized carbons (Fsp3) is 0. The van der Waals surface area contributed by atoms with Crippen LogP contribution in [0.3, 0.4) is 0 Å². The normalized spacial score (nSPS) is 11.5. The summed E-state index contributed by atoms with van der Waals surface area (Å²) in [6.07, 6.45) is 0. The first-order chi connectivity index (χ1) is 30.7. The highest BCUT2D eigenvalue weighted by atomic mass is 15.2. The number of hydrogen-bond donors (Lipinski definition) is 0. The zero-order chi connectivity index (χ0) is 41.2. The number of anilines is 6. The molecule has 0 bridgehead atoms. The minimum atomic E-state index is 1.08. The van der Waals surface area contributed by atoms with Crippen LogP contribution in [0.1, 0.15) is 0 Å². The van der Waals surface area contributed by atoms with Crippen molar-refractivity contribution < 1.29 is 0 Å². The van der Waals surface area contributed by atoms with Crippen molar-refractivity contribution in [3.05, 3.63) is 255 Å². The van der Waals surface area contributed by atoms with Gasteiger partial charge in [0.1, 0.15) is 0 Å².